The van der Waals surface area contributed by atoms with E-state index in [9.17, 15) is 19.5 Å². The lowest BCUT2D eigenvalue weighted by Crippen LogP contribution is -2.47. The zero-order valence-electron chi connectivity index (χ0n) is 19.7. The van der Waals surface area contributed by atoms with Crippen LogP contribution in [0.15, 0.2) is 48.5 Å². The lowest BCUT2D eigenvalue weighted by atomic mass is 9.75. The van der Waals surface area contributed by atoms with Crippen molar-refractivity contribution in [3.05, 3.63) is 59.7 Å². The number of aliphatic carboxylic acids is 1. The van der Waals surface area contributed by atoms with Crippen LogP contribution in [0.1, 0.15) is 55.6 Å². The molecule has 0 saturated heterocycles. The predicted octanol–water partition coefficient (Wildman–Crippen LogP) is 4.31. The Morgan fingerprint density at radius 2 is 1.60 bits per heavy atom. The first-order valence-electron chi connectivity index (χ1n) is 12.6. The smallest absolute Gasteiger partial charge is 0.407 e. The van der Waals surface area contributed by atoms with Crippen molar-refractivity contribution < 1.29 is 24.2 Å². The average molecular weight is 477 g/mol. The van der Waals surface area contributed by atoms with Gasteiger partial charge in [0.2, 0.25) is 5.91 Å². The minimum absolute atomic E-state index is 0.0107. The van der Waals surface area contributed by atoms with Gasteiger partial charge in [-0.2, -0.15) is 0 Å². The van der Waals surface area contributed by atoms with E-state index < -0.39 is 12.1 Å². The Hall–Kier alpha value is -3.35. The van der Waals surface area contributed by atoms with Crippen molar-refractivity contribution in [1.82, 2.24) is 10.6 Å². The molecule has 2 amide bonds. The van der Waals surface area contributed by atoms with E-state index in [1.165, 1.54) is 11.1 Å². The second-order valence-electron chi connectivity index (χ2n) is 10.1. The SMILES string of the molecule is O=C(NCC(C(=O)N[C@@H]1CC[C@H](C(=O)O)C1)C1CCC1)OCC1c2ccccc2-c2ccccc21. The summed E-state index contributed by atoms with van der Waals surface area (Å²) in [6.45, 7) is 0.459. The molecule has 0 radical (unpaired) electrons. The summed E-state index contributed by atoms with van der Waals surface area (Å²) in [4.78, 5) is 36.9. The molecular formula is C28H32N2O5. The lowest BCUT2D eigenvalue weighted by Gasteiger charge is -2.33. The molecule has 0 heterocycles. The van der Waals surface area contributed by atoms with E-state index in [0.717, 1.165) is 30.4 Å². The number of benzene rings is 2. The van der Waals surface area contributed by atoms with E-state index >= 15 is 0 Å². The number of carboxylic acid groups (broad SMARTS) is 1. The highest BCUT2D eigenvalue weighted by Crippen LogP contribution is 2.44. The maximum absolute atomic E-state index is 13.0. The Morgan fingerprint density at radius 3 is 2.17 bits per heavy atom. The fourth-order valence-corrected chi connectivity index (χ4v) is 5.80. The van der Waals surface area contributed by atoms with Crippen LogP contribution in [0.5, 0.6) is 0 Å². The molecule has 2 fully saturated rings. The van der Waals surface area contributed by atoms with E-state index in [1.807, 2.05) is 24.3 Å². The Kier molecular flexibility index (Phi) is 6.75. The summed E-state index contributed by atoms with van der Waals surface area (Å²) in [5, 5.41) is 15.1. The van der Waals surface area contributed by atoms with Crippen molar-refractivity contribution in [1.29, 1.82) is 0 Å². The zero-order valence-corrected chi connectivity index (χ0v) is 19.7. The van der Waals surface area contributed by atoms with E-state index in [4.69, 9.17) is 4.74 Å². The first-order chi connectivity index (χ1) is 17.0. The van der Waals surface area contributed by atoms with Crippen molar-refractivity contribution >= 4 is 18.0 Å². The average Bonchev–Trinajstić information content (AvgIpc) is 3.42. The molecule has 2 aromatic carbocycles. The number of ether oxygens (including phenoxy) is 1. The van der Waals surface area contributed by atoms with Crippen LogP contribution < -0.4 is 10.6 Å². The molecule has 3 N–H and O–H groups in total. The third-order valence-corrected chi connectivity index (χ3v) is 7.99. The standard InChI is InChI=1S/C28H32N2O5/c31-26(30-19-13-12-18(14-19)27(32)33)24(17-6-5-7-17)15-29-28(34)35-16-25-22-10-3-1-8-20(22)21-9-2-4-11-23(21)25/h1-4,8-11,17-19,24-25H,5-7,12-16H2,(H,29,34)(H,30,31)(H,32,33)/t18-,19+,24?/m0/s1. The largest absolute Gasteiger partial charge is 0.481 e. The van der Waals surface area contributed by atoms with Gasteiger partial charge in [-0.3, -0.25) is 9.59 Å². The molecule has 2 aromatic rings. The molecule has 7 heteroatoms. The molecule has 1 unspecified atom stereocenters. The summed E-state index contributed by atoms with van der Waals surface area (Å²) >= 11 is 0. The summed E-state index contributed by atoms with van der Waals surface area (Å²) in [5.41, 5.74) is 4.67. The van der Waals surface area contributed by atoms with Crippen LogP contribution in [0.2, 0.25) is 0 Å². The van der Waals surface area contributed by atoms with Gasteiger partial charge in [0.05, 0.1) is 11.8 Å². The zero-order chi connectivity index (χ0) is 24.4. The normalized spacial score (nSPS) is 21.9. The van der Waals surface area contributed by atoms with Gasteiger partial charge in [-0.15, -0.1) is 0 Å². The van der Waals surface area contributed by atoms with Gasteiger partial charge in [0.15, 0.2) is 0 Å². The number of carboxylic acids is 1. The fourth-order valence-electron chi connectivity index (χ4n) is 5.80. The highest BCUT2D eigenvalue weighted by molar-refractivity contribution is 5.81. The molecule has 5 rings (SSSR count). The minimum atomic E-state index is -0.797. The van der Waals surface area contributed by atoms with Crippen molar-refractivity contribution in [2.45, 2.75) is 50.5 Å². The lowest BCUT2D eigenvalue weighted by molar-refractivity contribution is -0.141. The molecule has 0 bridgehead atoms. The Bertz CT molecular complexity index is 1070. The van der Waals surface area contributed by atoms with Crippen molar-refractivity contribution in [2.75, 3.05) is 13.2 Å². The Morgan fingerprint density at radius 1 is 0.943 bits per heavy atom. The van der Waals surface area contributed by atoms with Gasteiger partial charge < -0.3 is 20.5 Å². The highest BCUT2D eigenvalue weighted by atomic mass is 16.5. The molecule has 0 aliphatic heterocycles. The number of nitrogens with one attached hydrogen (secondary N) is 2. The van der Waals surface area contributed by atoms with Gasteiger partial charge in [0.1, 0.15) is 6.61 Å². The molecule has 184 valence electrons. The summed E-state index contributed by atoms with van der Waals surface area (Å²) in [7, 11) is 0. The van der Waals surface area contributed by atoms with E-state index in [-0.39, 0.29) is 48.8 Å². The summed E-state index contributed by atoms with van der Waals surface area (Å²) in [6, 6.07) is 16.3. The van der Waals surface area contributed by atoms with Crippen molar-refractivity contribution in [3.63, 3.8) is 0 Å². The van der Waals surface area contributed by atoms with Gasteiger partial charge in [0, 0.05) is 18.5 Å². The predicted molar refractivity (Wildman–Crippen MR) is 131 cm³/mol. The molecule has 0 aromatic heterocycles. The number of rotatable bonds is 8. The number of amides is 2. The summed E-state index contributed by atoms with van der Waals surface area (Å²) in [5.74, 6) is -1.38. The number of carbonyl (C=O) groups is 3. The monoisotopic (exact) mass is 476 g/mol. The van der Waals surface area contributed by atoms with Crippen LogP contribution in [0, 0.1) is 17.8 Å². The molecular weight excluding hydrogens is 444 g/mol. The van der Waals surface area contributed by atoms with Crippen LogP contribution in [0.4, 0.5) is 4.79 Å². The number of alkyl carbamates (subject to hydrolysis) is 1. The Labute approximate surface area is 205 Å². The quantitative estimate of drug-likeness (QED) is 0.527. The second kappa shape index (κ2) is 10.1. The van der Waals surface area contributed by atoms with E-state index in [1.54, 1.807) is 0 Å². The summed E-state index contributed by atoms with van der Waals surface area (Å²) in [6.07, 6.45) is 4.24. The maximum atomic E-state index is 13.0. The number of hydrogen-bond donors (Lipinski definition) is 3. The molecule has 2 saturated carbocycles. The van der Waals surface area contributed by atoms with E-state index in [2.05, 4.69) is 34.9 Å². The van der Waals surface area contributed by atoms with Crippen LogP contribution in [-0.2, 0) is 14.3 Å². The van der Waals surface area contributed by atoms with Gasteiger partial charge in [-0.25, -0.2) is 4.79 Å². The number of hydrogen-bond acceptors (Lipinski definition) is 4. The molecule has 3 aliphatic carbocycles. The fraction of sp³-hybridized carbons (Fsp3) is 0.464. The minimum Gasteiger partial charge on any atom is -0.481 e. The molecule has 3 atom stereocenters. The van der Waals surface area contributed by atoms with Gasteiger partial charge in [-0.05, 0) is 60.3 Å². The van der Waals surface area contributed by atoms with Crippen molar-refractivity contribution in [3.8, 4) is 11.1 Å². The van der Waals surface area contributed by atoms with Crippen molar-refractivity contribution in [2.24, 2.45) is 17.8 Å². The maximum Gasteiger partial charge on any atom is 0.407 e. The molecule has 3 aliphatic rings. The Balaban J connectivity index is 1.16. The van der Waals surface area contributed by atoms with E-state index in [0.29, 0.717) is 19.3 Å². The first kappa shape index (κ1) is 23.4. The topological polar surface area (TPSA) is 105 Å². The first-order valence-corrected chi connectivity index (χ1v) is 12.6. The van der Waals surface area contributed by atoms with Crippen LogP contribution in [0.3, 0.4) is 0 Å². The number of fused-ring (bicyclic) bond motifs is 3. The highest BCUT2D eigenvalue weighted by Gasteiger charge is 2.36. The van der Waals surface area contributed by atoms with Crippen LogP contribution >= 0.6 is 0 Å². The van der Waals surface area contributed by atoms with Gasteiger partial charge >= 0.3 is 12.1 Å². The molecule has 35 heavy (non-hydrogen) atoms. The van der Waals surface area contributed by atoms with Gasteiger partial charge in [0.25, 0.3) is 0 Å². The van der Waals surface area contributed by atoms with Gasteiger partial charge in [-0.1, -0.05) is 55.0 Å². The van der Waals surface area contributed by atoms with Crippen LogP contribution in [0.25, 0.3) is 11.1 Å². The summed E-state index contributed by atoms with van der Waals surface area (Å²) < 4.78 is 5.63. The second-order valence-corrected chi connectivity index (χ2v) is 10.1. The third kappa shape index (κ3) is 4.90. The molecule has 0 spiro atoms. The number of carbonyl (C=O) groups excluding carboxylic acids is 2. The molecule has 7 nitrogen and oxygen atoms in total. The van der Waals surface area contributed by atoms with Crippen LogP contribution in [-0.4, -0.2) is 42.3 Å². The third-order valence-electron chi connectivity index (χ3n) is 7.99.